The van der Waals surface area contributed by atoms with Crippen molar-refractivity contribution in [2.75, 3.05) is 0 Å². The van der Waals surface area contributed by atoms with Crippen molar-refractivity contribution >= 4 is 27.4 Å². The zero-order valence-corrected chi connectivity index (χ0v) is 16.0. The largest absolute Gasteiger partial charge is 0.503 e. The summed E-state index contributed by atoms with van der Waals surface area (Å²) in [5.41, 5.74) is 3.32. The average molecular weight is 421 g/mol. The number of amides is 1. The Hall–Kier alpha value is -2.92. The van der Waals surface area contributed by atoms with E-state index in [1.807, 2.05) is 66.7 Å². The number of rotatable bonds is 4. The first-order chi connectivity index (χ1) is 13.1. The highest BCUT2D eigenvalue weighted by Gasteiger charge is 2.40. The molecule has 0 radical (unpaired) electrons. The molecule has 27 heavy (non-hydrogen) atoms. The van der Waals surface area contributed by atoms with Crippen molar-refractivity contribution in [2.45, 2.75) is 12.6 Å². The molecular formula is C22H17BrN2O2. The monoisotopic (exact) mass is 420 g/mol. The Morgan fingerprint density at radius 2 is 1.74 bits per heavy atom. The molecule has 4 rings (SSSR count). The maximum absolute atomic E-state index is 12.9. The lowest BCUT2D eigenvalue weighted by Crippen LogP contribution is -2.29. The van der Waals surface area contributed by atoms with Crippen LogP contribution in [-0.2, 0) is 11.3 Å². The zero-order chi connectivity index (χ0) is 18.8. The number of nitrogens with zero attached hydrogens (tertiary/aromatic N) is 2. The van der Waals surface area contributed by atoms with E-state index in [2.05, 4.69) is 20.9 Å². The smallest absolute Gasteiger partial charge is 0.290 e. The van der Waals surface area contributed by atoms with Crippen LogP contribution in [-0.4, -0.2) is 20.9 Å². The number of aliphatic hydroxyl groups is 1. The van der Waals surface area contributed by atoms with Gasteiger partial charge in [0.2, 0.25) is 0 Å². The molecule has 0 aliphatic carbocycles. The van der Waals surface area contributed by atoms with Crippen LogP contribution in [0.5, 0.6) is 0 Å². The lowest BCUT2D eigenvalue weighted by molar-refractivity contribution is -0.130. The third-order valence-electron chi connectivity index (χ3n) is 4.65. The molecule has 5 heteroatoms. The van der Waals surface area contributed by atoms with Crippen LogP contribution in [0.1, 0.15) is 22.7 Å². The van der Waals surface area contributed by atoms with E-state index in [0.29, 0.717) is 12.1 Å². The minimum absolute atomic E-state index is 0.196. The maximum atomic E-state index is 12.9. The maximum Gasteiger partial charge on any atom is 0.290 e. The SMILES string of the molecule is O=C1C(O)=C(c2ccccc2)C(c2ccc(Br)cc2)N1Cc1cccnc1. The van der Waals surface area contributed by atoms with E-state index in [9.17, 15) is 9.90 Å². The number of aliphatic hydroxyl groups excluding tert-OH is 1. The van der Waals surface area contributed by atoms with Crippen LogP contribution >= 0.6 is 15.9 Å². The van der Waals surface area contributed by atoms with Crippen molar-refractivity contribution in [3.63, 3.8) is 0 Å². The van der Waals surface area contributed by atoms with Crippen molar-refractivity contribution in [1.29, 1.82) is 0 Å². The van der Waals surface area contributed by atoms with Crippen LogP contribution in [0.3, 0.4) is 0 Å². The first-order valence-corrected chi connectivity index (χ1v) is 9.38. The molecule has 1 N–H and O–H groups in total. The van der Waals surface area contributed by atoms with Gasteiger partial charge in [0.25, 0.3) is 5.91 Å². The zero-order valence-electron chi connectivity index (χ0n) is 14.4. The van der Waals surface area contributed by atoms with Gasteiger partial charge in [0.05, 0.1) is 6.04 Å². The summed E-state index contributed by atoms with van der Waals surface area (Å²) in [6.45, 7) is 0.369. The average Bonchev–Trinajstić information content (AvgIpc) is 2.95. The predicted molar refractivity (Wildman–Crippen MR) is 108 cm³/mol. The van der Waals surface area contributed by atoms with Gasteiger partial charge >= 0.3 is 0 Å². The summed E-state index contributed by atoms with van der Waals surface area (Å²) in [6, 6.07) is 20.8. The number of hydrogen-bond acceptors (Lipinski definition) is 3. The molecule has 4 nitrogen and oxygen atoms in total. The third-order valence-corrected chi connectivity index (χ3v) is 5.18. The van der Waals surface area contributed by atoms with Crippen LogP contribution in [0.2, 0.25) is 0 Å². The fourth-order valence-electron chi connectivity index (χ4n) is 3.41. The molecule has 1 aliphatic heterocycles. The van der Waals surface area contributed by atoms with Gasteiger partial charge in [-0.2, -0.15) is 0 Å². The van der Waals surface area contributed by atoms with Crippen LogP contribution < -0.4 is 0 Å². The Labute approximate surface area is 165 Å². The van der Waals surface area contributed by atoms with Gasteiger partial charge in [0.15, 0.2) is 5.76 Å². The van der Waals surface area contributed by atoms with E-state index in [4.69, 9.17) is 0 Å². The minimum Gasteiger partial charge on any atom is -0.503 e. The number of benzene rings is 2. The van der Waals surface area contributed by atoms with Gasteiger partial charge in [-0.25, -0.2) is 0 Å². The number of carbonyl (C=O) groups is 1. The second-order valence-corrected chi connectivity index (χ2v) is 7.29. The van der Waals surface area contributed by atoms with Crippen LogP contribution in [0.25, 0.3) is 5.57 Å². The second kappa shape index (κ2) is 7.37. The van der Waals surface area contributed by atoms with Gasteiger partial charge in [0, 0.05) is 29.0 Å². The van der Waals surface area contributed by atoms with E-state index < -0.39 is 0 Å². The Bertz CT molecular complexity index is 986. The molecule has 0 saturated heterocycles. The van der Waals surface area contributed by atoms with E-state index in [0.717, 1.165) is 21.2 Å². The van der Waals surface area contributed by atoms with E-state index >= 15 is 0 Å². The number of aromatic nitrogens is 1. The molecule has 2 aromatic carbocycles. The summed E-state index contributed by atoms with van der Waals surface area (Å²) in [4.78, 5) is 18.8. The van der Waals surface area contributed by atoms with E-state index in [-0.39, 0.29) is 17.7 Å². The van der Waals surface area contributed by atoms with E-state index in [1.165, 1.54) is 0 Å². The van der Waals surface area contributed by atoms with Crippen molar-refractivity contribution in [2.24, 2.45) is 0 Å². The van der Waals surface area contributed by atoms with Gasteiger partial charge < -0.3 is 10.0 Å². The van der Waals surface area contributed by atoms with Crippen LogP contribution in [0, 0.1) is 0 Å². The normalized spacial score (nSPS) is 16.9. The minimum atomic E-state index is -0.370. The molecule has 1 unspecified atom stereocenters. The lowest BCUT2D eigenvalue weighted by atomic mass is 9.93. The highest BCUT2D eigenvalue weighted by molar-refractivity contribution is 9.10. The van der Waals surface area contributed by atoms with Crippen LogP contribution in [0.4, 0.5) is 0 Å². The molecule has 1 aliphatic rings. The van der Waals surface area contributed by atoms with Gasteiger partial charge in [-0.3, -0.25) is 9.78 Å². The van der Waals surface area contributed by atoms with E-state index in [1.54, 1.807) is 17.3 Å². The van der Waals surface area contributed by atoms with Gasteiger partial charge in [-0.05, 0) is 34.9 Å². The summed E-state index contributed by atoms with van der Waals surface area (Å²) in [6.07, 6.45) is 3.44. The van der Waals surface area contributed by atoms with Crippen molar-refractivity contribution in [1.82, 2.24) is 9.88 Å². The molecule has 1 amide bonds. The molecule has 0 bridgehead atoms. The molecule has 0 saturated carbocycles. The van der Waals surface area contributed by atoms with Gasteiger partial charge in [-0.1, -0.05) is 64.5 Å². The molecule has 3 aromatic rings. The highest BCUT2D eigenvalue weighted by atomic mass is 79.9. The van der Waals surface area contributed by atoms with Crippen molar-refractivity contribution in [3.8, 4) is 0 Å². The standard InChI is InChI=1S/C22H17BrN2O2/c23-18-10-8-17(9-11-18)20-19(16-6-2-1-3-7-16)21(26)22(27)25(20)14-15-5-4-12-24-13-15/h1-13,20,26H,14H2. The molecule has 2 heterocycles. The summed E-state index contributed by atoms with van der Waals surface area (Å²) in [5, 5.41) is 10.7. The molecule has 1 atom stereocenters. The highest BCUT2D eigenvalue weighted by Crippen LogP contribution is 2.43. The van der Waals surface area contributed by atoms with Gasteiger partial charge in [0.1, 0.15) is 0 Å². The Kier molecular flexibility index (Phi) is 4.77. The molecule has 1 aromatic heterocycles. The first kappa shape index (κ1) is 17.5. The number of pyridine rings is 1. The third kappa shape index (κ3) is 3.38. The fourth-order valence-corrected chi connectivity index (χ4v) is 3.67. The van der Waals surface area contributed by atoms with Gasteiger partial charge in [-0.15, -0.1) is 0 Å². The predicted octanol–water partition coefficient (Wildman–Crippen LogP) is 4.90. The lowest BCUT2D eigenvalue weighted by Gasteiger charge is -2.27. The summed E-state index contributed by atoms with van der Waals surface area (Å²) >= 11 is 3.46. The van der Waals surface area contributed by atoms with Crippen molar-refractivity contribution < 1.29 is 9.90 Å². The Morgan fingerprint density at radius 1 is 1.00 bits per heavy atom. The summed E-state index contributed by atoms with van der Waals surface area (Å²) in [7, 11) is 0. The summed E-state index contributed by atoms with van der Waals surface area (Å²) in [5.74, 6) is -0.566. The molecule has 0 fully saturated rings. The summed E-state index contributed by atoms with van der Waals surface area (Å²) < 4.78 is 0.962. The number of halogens is 1. The van der Waals surface area contributed by atoms with Crippen LogP contribution in [0.15, 0.2) is 89.4 Å². The topological polar surface area (TPSA) is 53.4 Å². The molecule has 0 spiro atoms. The number of carbonyl (C=O) groups excluding carboxylic acids is 1. The first-order valence-electron chi connectivity index (χ1n) is 8.59. The number of hydrogen-bond donors (Lipinski definition) is 1. The molecule has 134 valence electrons. The Balaban J connectivity index is 1.81. The molecular weight excluding hydrogens is 404 g/mol. The quantitative estimate of drug-likeness (QED) is 0.652. The van der Waals surface area contributed by atoms with Crippen molar-refractivity contribution in [3.05, 3.63) is 106 Å². The fraction of sp³-hybridized carbons (Fsp3) is 0.0909. The Morgan fingerprint density at radius 3 is 2.41 bits per heavy atom. The second-order valence-electron chi connectivity index (χ2n) is 6.38.